The lowest BCUT2D eigenvalue weighted by Crippen LogP contribution is -2.48. The zero-order valence-corrected chi connectivity index (χ0v) is 15.4. The zero-order chi connectivity index (χ0) is 18.0. The number of fused-ring (bicyclic) bond motifs is 1. The van der Waals surface area contributed by atoms with Crippen molar-refractivity contribution in [1.82, 2.24) is 10.0 Å². The Morgan fingerprint density at radius 3 is 2.48 bits per heavy atom. The molecule has 0 bridgehead atoms. The van der Waals surface area contributed by atoms with Gasteiger partial charge in [-0.1, -0.05) is 12.1 Å². The van der Waals surface area contributed by atoms with Gasteiger partial charge in [0.2, 0.25) is 0 Å². The Labute approximate surface area is 148 Å². The maximum atomic E-state index is 12.0. The summed E-state index contributed by atoms with van der Waals surface area (Å²) in [6, 6.07) is 10.3. The Bertz CT molecular complexity index is 762. The highest BCUT2D eigenvalue weighted by Gasteiger charge is 2.28. The number of anilines is 2. The predicted molar refractivity (Wildman–Crippen MR) is 101 cm³/mol. The Kier molecular flexibility index (Phi) is 4.81. The van der Waals surface area contributed by atoms with Crippen LogP contribution in [0.3, 0.4) is 0 Å². The first-order valence-corrected chi connectivity index (χ1v) is 8.68. The lowest BCUT2D eigenvalue weighted by Gasteiger charge is -2.36. The topological polar surface area (TPSA) is 57.7 Å². The summed E-state index contributed by atoms with van der Waals surface area (Å²) in [7, 11) is 1.87. The number of piperazine rings is 1. The third kappa shape index (κ3) is 3.85. The first-order chi connectivity index (χ1) is 11.9. The van der Waals surface area contributed by atoms with E-state index in [0.717, 1.165) is 35.5 Å². The molecule has 6 nitrogen and oxygen atoms in total. The van der Waals surface area contributed by atoms with Gasteiger partial charge in [0.25, 0.3) is 0 Å². The molecule has 25 heavy (non-hydrogen) atoms. The van der Waals surface area contributed by atoms with Gasteiger partial charge in [0.15, 0.2) is 0 Å². The molecule has 1 N–H and O–H groups in total. The monoisotopic (exact) mass is 342 g/mol. The molecule has 2 heterocycles. The summed E-state index contributed by atoms with van der Waals surface area (Å²) in [6.45, 7) is 8.56. The van der Waals surface area contributed by atoms with E-state index in [1.807, 2.05) is 33.9 Å². The number of rotatable bonds is 3. The number of aromatic nitrogens is 1. The van der Waals surface area contributed by atoms with Crippen molar-refractivity contribution < 1.29 is 9.63 Å². The van der Waals surface area contributed by atoms with Crippen molar-refractivity contribution in [2.45, 2.75) is 20.8 Å². The van der Waals surface area contributed by atoms with Crippen molar-refractivity contribution in [3.8, 4) is 0 Å². The zero-order valence-electron chi connectivity index (χ0n) is 15.4. The van der Waals surface area contributed by atoms with Crippen LogP contribution in [0.1, 0.15) is 20.8 Å². The Hall–Kier alpha value is -2.34. The van der Waals surface area contributed by atoms with E-state index < -0.39 is 5.41 Å². The van der Waals surface area contributed by atoms with Crippen molar-refractivity contribution in [3.63, 3.8) is 0 Å². The molecule has 0 radical (unpaired) electrons. The van der Waals surface area contributed by atoms with E-state index in [2.05, 4.69) is 34.5 Å². The third-order valence-corrected chi connectivity index (χ3v) is 4.36. The van der Waals surface area contributed by atoms with Gasteiger partial charge in [-0.2, -0.15) is 0 Å². The highest BCUT2D eigenvalue weighted by molar-refractivity contribution is 5.92. The molecule has 1 aliphatic heterocycles. The molecule has 0 atom stereocenters. The smallest absolute Gasteiger partial charge is 0.330 e. The highest BCUT2D eigenvalue weighted by atomic mass is 16.7. The second kappa shape index (κ2) is 6.88. The van der Waals surface area contributed by atoms with Gasteiger partial charge in [0.1, 0.15) is 5.82 Å². The Morgan fingerprint density at radius 1 is 1.12 bits per heavy atom. The maximum Gasteiger partial charge on any atom is 0.330 e. The number of para-hydroxylation sites is 1. The van der Waals surface area contributed by atoms with Gasteiger partial charge >= 0.3 is 5.97 Å². The number of hydrogen-bond acceptors (Lipinski definition) is 6. The molecule has 0 amide bonds. The number of hydroxylamine groups is 2. The molecule has 0 aliphatic carbocycles. The number of carbonyl (C=O) groups is 1. The van der Waals surface area contributed by atoms with E-state index in [-0.39, 0.29) is 5.97 Å². The van der Waals surface area contributed by atoms with Crippen LogP contribution in [0.25, 0.3) is 10.9 Å². The van der Waals surface area contributed by atoms with Crippen molar-refractivity contribution in [2.75, 3.05) is 43.4 Å². The van der Waals surface area contributed by atoms with E-state index >= 15 is 0 Å². The largest absolute Gasteiger partial charge is 0.373 e. The molecule has 1 aromatic carbocycles. The highest BCUT2D eigenvalue weighted by Crippen LogP contribution is 2.27. The third-order valence-electron chi connectivity index (χ3n) is 4.36. The van der Waals surface area contributed by atoms with Crippen LogP contribution in [0.2, 0.25) is 0 Å². The summed E-state index contributed by atoms with van der Waals surface area (Å²) in [5, 5.41) is 5.99. The van der Waals surface area contributed by atoms with Gasteiger partial charge < -0.3 is 15.1 Å². The van der Waals surface area contributed by atoms with Gasteiger partial charge in [-0.25, -0.2) is 9.78 Å². The average Bonchev–Trinajstić information content (AvgIpc) is 2.60. The van der Waals surface area contributed by atoms with Crippen molar-refractivity contribution >= 4 is 28.4 Å². The number of benzene rings is 1. The molecular weight excluding hydrogens is 316 g/mol. The maximum absolute atomic E-state index is 12.0. The summed E-state index contributed by atoms with van der Waals surface area (Å²) in [4.78, 5) is 24.6. The molecule has 0 saturated carbocycles. The summed E-state index contributed by atoms with van der Waals surface area (Å²) < 4.78 is 0. The minimum Gasteiger partial charge on any atom is -0.373 e. The van der Waals surface area contributed by atoms with Crippen LogP contribution in [-0.4, -0.2) is 49.2 Å². The van der Waals surface area contributed by atoms with E-state index in [4.69, 9.17) is 9.82 Å². The molecule has 0 spiro atoms. The number of nitrogens with one attached hydrogen (secondary N) is 1. The molecule has 1 fully saturated rings. The van der Waals surface area contributed by atoms with Crippen LogP contribution in [0.15, 0.2) is 30.3 Å². The molecule has 0 unspecified atom stereocenters. The van der Waals surface area contributed by atoms with E-state index in [1.165, 1.54) is 0 Å². The SMILES string of the molecule is CNc1ccc2cccc(N3CCN(OC(=O)C(C)(C)C)CC3)c2n1. The Balaban J connectivity index is 1.73. The summed E-state index contributed by atoms with van der Waals surface area (Å²) in [5.41, 5.74) is 1.63. The standard InChI is InChI=1S/C19H26N4O2/c1-19(2,3)18(24)25-23-12-10-22(11-13-23)15-7-5-6-14-8-9-16(20-4)21-17(14)15/h5-9H,10-13H2,1-4H3,(H,20,21). The first-order valence-electron chi connectivity index (χ1n) is 8.68. The van der Waals surface area contributed by atoms with Gasteiger partial charge in [-0.3, -0.25) is 0 Å². The number of pyridine rings is 1. The molecule has 2 aromatic rings. The molecule has 1 aliphatic rings. The summed E-state index contributed by atoms with van der Waals surface area (Å²) in [5.74, 6) is 0.670. The van der Waals surface area contributed by atoms with Crippen LogP contribution in [-0.2, 0) is 9.63 Å². The lowest BCUT2D eigenvalue weighted by atomic mass is 9.98. The minimum absolute atomic E-state index is 0.188. The van der Waals surface area contributed by atoms with Crippen molar-refractivity contribution in [2.24, 2.45) is 5.41 Å². The molecule has 3 rings (SSSR count). The van der Waals surface area contributed by atoms with Crippen LogP contribution in [0, 0.1) is 5.41 Å². The first kappa shape index (κ1) is 17.5. The average molecular weight is 342 g/mol. The summed E-state index contributed by atoms with van der Waals surface area (Å²) >= 11 is 0. The van der Waals surface area contributed by atoms with Gasteiger partial charge in [0.05, 0.1) is 29.7 Å². The van der Waals surface area contributed by atoms with Crippen LogP contribution >= 0.6 is 0 Å². The number of hydrogen-bond donors (Lipinski definition) is 1. The number of nitrogens with zero attached hydrogens (tertiary/aromatic N) is 3. The normalized spacial score (nSPS) is 16.1. The van der Waals surface area contributed by atoms with Crippen LogP contribution in [0.5, 0.6) is 0 Å². The van der Waals surface area contributed by atoms with Crippen molar-refractivity contribution in [1.29, 1.82) is 0 Å². The fourth-order valence-electron chi connectivity index (χ4n) is 2.80. The van der Waals surface area contributed by atoms with Gasteiger partial charge in [-0.05, 0) is 39.0 Å². The fraction of sp³-hybridized carbons (Fsp3) is 0.474. The molecule has 1 saturated heterocycles. The number of carbonyl (C=O) groups excluding carboxylic acids is 1. The molecule has 134 valence electrons. The van der Waals surface area contributed by atoms with Crippen molar-refractivity contribution in [3.05, 3.63) is 30.3 Å². The Morgan fingerprint density at radius 2 is 1.84 bits per heavy atom. The quantitative estimate of drug-likeness (QED) is 0.926. The van der Waals surface area contributed by atoms with Crippen LogP contribution < -0.4 is 10.2 Å². The van der Waals surface area contributed by atoms with Gasteiger partial charge in [-0.15, -0.1) is 5.06 Å². The second-order valence-electron chi connectivity index (χ2n) is 7.34. The minimum atomic E-state index is -0.486. The summed E-state index contributed by atoms with van der Waals surface area (Å²) in [6.07, 6.45) is 0. The molecular formula is C19H26N4O2. The van der Waals surface area contributed by atoms with E-state index in [1.54, 1.807) is 5.06 Å². The van der Waals surface area contributed by atoms with E-state index in [9.17, 15) is 4.79 Å². The molecule has 6 heteroatoms. The molecule has 1 aromatic heterocycles. The second-order valence-corrected chi connectivity index (χ2v) is 7.34. The van der Waals surface area contributed by atoms with E-state index in [0.29, 0.717) is 13.1 Å². The van der Waals surface area contributed by atoms with Gasteiger partial charge in [0, 0.05) is 25.5 Å². The lowest BCUT2D eigenvalue weighted by molar-refractivity contribution is -0.201. The van der Waals surface area contributed by atoms with Crippen LogP contribution in [0.4, 0.5) is 11.5 Å². The predicted octanol–water partition coefficient (Wildman–Crippen LogP) is 2.90. The fourth-order valence-corrected chi connectivity index (χ4v) is 2.80.